The number of amides is 1. The Kier molecular flexibility index (Phi) is 7.61. The second-order valence-electron chi connectivity index (χ2n) is 4.78. The largest absolute Gasteiger partial charge is 0.444 e. The molecule has 0 rings (SSSR count). The minimum Gasteiger partial charge on any atom is -0.444 e. The van der Waals surface area contributed by atoms with E-state index in [1.807, 2.05) is 20.8 Å². The van der Waals surface area contributed by atoms with Crippen molar-refractivity contribution in [3.8, 4) is 0 Å². The van der Waals surface area contributed by atoms with Gasteiger partial charge in [0.1, 0.15) is 5.60 Å². The van der Waals surface area contributed by atoms with Crippen molar-refractivity contribution in [2.24, 2.45) is 5.73 Å². The first kappa shape index (κ1) is 16.0. The Morgan fingerprint density at radius 2 is 1.71 bits per heavy atom. The second kappa shape index (κ2) is 8.11. The summed E-state index contributed by atoms with van der Waals surface area (Å²) in [6.07, 6.45) is 2.54. The van der Waals surface area contributed by atoms with Crippen LogP contribution < -0.4 is 16.4 Å². The van der Waals surface area contributed by atoms with E-state index in [1.54, 1.807) is 0 Å². The third kappa shape index (κ3) is 12.9. The van der Waals surface area contributed by atoms with Crippen molar-refractivity contribution < 1.29 is 9.53 Å². The van der Waals surface area contributed by atoms with Crippen LogP contribution in [0.2, 0.25) is 0 Å². The molecule has 6 heteroatoms. The summed E-state index contributed by atoms with van der Waals surface area (Å²) in [6, 6.07) is 0. The van der Waals surface area contributed by atoms with Crippen LogP contribution in [0.15, 0.2) is 0 Å². The van der Waals surface area contributed by atoms with Gasteiger partial charge in [-0.1, -0.05) is 0 Å². The van der Waals surface area contributed by atoms with Crippen molar-refractivity contribution in [1.82, 2.24) is 10.6 Å². The maximum Gasteiger partial charge on any atom is 0.407 e. The molecule has 0 fully saturated rings. The Bertz CT molecular complexity index is 252. The Morgan fingerprint density at radius 3 is 2.18 bits per heavy atom. The van der Waals surface area contributed by atoms with Crippen molar-refractivity contribution in [3.05, 3.63) is 0 Å². The number of nitrogens with one attached hydrogen (secondary N) is 2. The standard InChI is InChI=1S/C11H23N3O2S/c1-11(2,3)16-10(15)14-8-6-4-5-7-13-9(12)17/h4-8H2,1-3H3,(H,14,15)(H3,12,13,17). The van der Waals surface area contributed by atoms with Gasteiger partial charge in [-0.3, -0.25) is 0 Å². The van der Waals surface area contributed by atoms with E-state index < -0.39 is 5.60 Å². The highest BCUT2D eigenvalue weighted by Gasteiger charge is 2.15. The van der Waals surface area contributed by atoms with E-state index in [0.29, 0.717) is 11.7 Å². The normalized spacial score (nSPS) is 10.8. The average molecular weight is 261 g/mol. The van der Waals surface area contributed by atoms with E-state index in [9.17, 15) is 4.79 Å². The number of unbranched alkanes of at least 4 members (excludes halogenated alkanes) is 2. The molecule has 0 aromatic rings. The molecule has 17 heavy (non-hydrogen) atoms. The molecular weight excluding hydrogens is 238 g/mol. The average Bonchev–Trinajstić information content (AvgIpc) is 2.12. The number of ether oxygens (including phenoxy) is 1. The predicted molar refractivity (Wildman–Crippen MR) is 72.9 cm³/mol. The number of rotatable bonds is 6. The lowest BCUT2D eigenvalue weighted by Crippen LogP contribution is -2.33. The molecule has 0 saturated heterocycles. The lowest BCUT2D eigenvalue weighted by Gasteiger charge is -2.19. The molecule has 0 aromatic carbocycles. The minimum absolute atomic E-state index is 0.330. The first-order chi connectivity index (χ1) is 7.81. The SMILES string of the molecule is CC(C)(C)OC(=O)NCCCCCNC(N)=S. The van der Waals surface area contributed by atoms with E-state index in [2.05, 4.69) is 22.9 Å². The molecule has 0 spiro atoms. The van der Waals surface area contributed by atoms with Crippen LogP contribution in [0.25, 0.3) is 0 Å². The zero-order valence-corrected chi connectivity index (χ0v) is 11.7. The highest BCUT2D eigenvalue weighted by atomic mass is 32.1. The molecule has 0 bridgehead atoms. The summed E-state index contributed by atoms with van der Waals surface area (Å²) in [5.74, 6) is 0. The molecule has 0 heterocycles. The molecule has 4 N–H and O–H groups in total. The molecule has 0 radical (unpaired) electrons. The van der Waals surface area contributed by atoms with Gasteiger partial charge in [-0.05, 0) is 52.3 Å². The Balaban J connectivity index is 3.34. The maximum absolute atomic E-state index is 11.3. The molecule has 0 aromatic heterocycles. The maximum atomic E-state index is 11.3. The first-order valence-corrected chi connectivity index (χ1v) is 6.22. The molecule has 0 unspecified atom stereocenters. The Hall–Kier alpha value is -1.04. The van der Waals surface area contributed by atoms with Gasteiger partial charge >= 0.3 is 6.09 Å². The lowest BCUT2D eigenvalue weighted by atomic mass is 10.2. The fraction of sp³-hybridized carbons (Fsp3) is 0.818. The summed E-state index contributed by atoms with van der Waals surface area (Å²) >= 11 is 4.67. The van der Waals surface area contributed by atoms with Crippen LogP contribution in [-0.4, -0.2) is 29.9 Å². The van der Waals surface area contributed by atoms with Crippen molar-refractivity contribution in [2.75, 3.05) is 13.1 Å². The molecule has 5 nitrogen and oxygen atoms in total. The van der Waals surface area contributed by atoms with Gasteiger partial charge in [0.05, 0.1) is 0 Å². The van der Waals surface area contributed by atoms with Crippen molar-refractivity contribution in [3.63, 3.8) is 0 Å². The van der Waals surface area contributed by atoms with E-state index in [4.69, 9.17) is 10.5 Å². The summed E-state index contributed by atoms with van der Waals surface area (Å²) in [5.41, 5.74) is 4.84. The Labute approximate surface area is 108 Å². The highest BCUT2D eigenvalue weighted by Crippen LogP contribution is 2.06. The van der Waals surface area contributed by atoms with Crippen molar-refractivity contribution >= 4 is 23.4 Å². The van der Waals surface area contributed by atoms with Crippen LogP contribution in [-0.2, 0) is 4.74 Å². The predicted octanol–water partition coefficient (Wildman–Crippen LogP) is 1.51. The summed E-state index contributed by atoms with van der Waals surface area (Å²) in [4.78, 5) is 11.3. The lowest BCUT2D eigenvalue weighted by molar-refractivity contribution is 0.0527. The molecule has 1 amide bonds. The van der Waals surface area contributed by atoms with Crippen LogP contribution in [0.3, 0.4) is 0 Å². The molecule has 0 aliphatic carbocycles. The van der Waals surface area contributed by atoms with Gasteiger partial charge in [-0.25, -0.2) is 4.79 Å². The number of alkyl carbamates (subject to hydrolysis) is 1. The van der Waals surface area contributed by atoms with Crippen LogP contribution in [0, 0.1) is 0 Å². The minimum atomic E-state index is -0.440. The highest BCUT2D eigenvalue weighted by molar-refractivity contribution is 7.80. The summed E-state index contributed by atoms with van der Waals surface area (Å²) in [6.45, 7) is 6.93. The van der Waals surface area contributed by atoms with Gasteiger partial charge < -0.3 is 21.1 Å². The number of carbonyl (C=O) groups is 1. The van der Waals surface area contributed by atoms with Gasteiger partial charge in [0.2, 0.25) is 0 Å². The monoisotopic (exact) mass is 261 g/mol. The summed E-state index contributed by atoms with van der Waals surface area (Å²) in [5, 5.41) is 5.91. The van der Waals surface area contributed by atoms with E-state index in [-0.39, 0.29) is 6.09 Å². The number of nitrogens with two attached hydrogens (primary N) is 1. The van der Waals surface area contributed by atoms with E-state index in [1.165, 1.54) is 0 Å². The Morgan fingerprint density at radius 1 is 1.18 bits per heavy atom. The molecule has 0 aliphatic rings. The number of hydrogen-bond donors (Lipinski definition) is 3. The topological polar surface area (TPSA) is 76.4 Å². The number of thiocarbonyl (C=S) groups is 1. The van der Waals surface area contributed by atoms with Crippen LogP contribution in [0.5, 0.6) is 0 Å². The van der Waals surface area contributed by atoms with Gasteiger partial charge in [0, 0.05) is 13.1 Å². The third-order valence-corrected chi connectivity index (χ3v) is 1.97. The molecule has 0 aliphatic heterocycles. The summed E-state index contributed by atoms with van der Waals surface area (Å²) < 4.78 is 5.10. The van der Waals surface area contributed by atoms with Crippen LogP contribution in [0.4, 0.5) is 4.79 Å². The third-order valence-electron chi connectivity index (χ3n) is 1.82. The fourth-order valence-corrected chi connectivity index (χ4v) is 1.25. The molecule has 0 saturated carbocycles. The number of carbonyl (C=O) groups excluding carboxylic acids is 1. The molecule has 100 valence electrons. The summed E-state index contributed by atoms with van der Waals surface area (Å²) in [7, 11) is 0. The number of hydrogen-bond acceptors (Lipinski definition) is 3. The van der Waals surface area contributed by atoms with Crippen LogP contribution in [0.1, 0.15) is 40.0 Å². The fourth-order valence-electron chi connectivity index (χ4n) is 1.14. The quantitative estimate of drug-likeness (QED) is 0.499. The van der Waals surface area contributed by atoms with Crippen LogP contribution >= 0.6 is 12.2 Å². The van der Waals surface area contributed by atoms with E-state index in [0.717, 1.165) is 25.8 Å². The van der Waals surface area contributed by atoms with Gasteiger partial charge in [0.15, 0.2) is 5.11 Å². The van der Waals surface area contributed by atoms with E-state index >= 15 is 0 Å². The van der Waals surface area contributed by atoms with Gasteiger partial charge in [-0.2, -0.15) is 0 Å². The second-order valence-corrected chi connectivity index (χ2v) is 5.22. The molecular formula is C11H23N3O2S. The van der Waals surface area contributed by atoms with Crippen molar-refractivity contribution in [1.29, 1.82) is 0 Å². The van der Waals surface area contributed by atoms with Gasteiger partial charge in [-0.15, -0.1) is 0 Å². The first-order valence-electron chi connectivity index (χ1n) is 5.81. The smallest absolute Gasteiger partial charge is 0.407 e. The zero-order chi connectivity index (χ0) is 13.3. The molecule has 0 atom stereocenters. The van der Waals surface area contributed by atoms with Crippen molar-refractivity contribution in [2.45, 2.75) is 45.6 Å². The van der Waals surface area contributed by atoms with Gasteiger partial charge in [0.25, 0.3) is 0 Å². The zero-order valence-electron chi connectivity index (χ0n) is 10.8.